The molecule has 20 heavy (non-hydrogen) atoms. The second-order valence-electron chi connectivity index (χ2n) is 4.78. The molecule has 108 valence electrons. The van der Waals surface area contributed by atoms with Gasteiger partial charge in [0.1, 0.15) is 5.56 Å². The van der Waals surface area contributed by atoms with Gasteiger partial charge >= 0.3 is 5.69 Å². The Kier molecular flexibility index (Phi) is 4.54. The third-order valence-corrected chi connectivity index (χ3v) is 3.94. The number of pyridine rings is 1. The Morgan fingerprint density at radius 3 is 2.75 bits per heavy atom. The molecule has 0 unspecified atom stereocenters. The lowest BCUT2D eigenvalue weighted by Crippen LogP contribution is -2.38. The van der Waals surface area contributed by atoms with Crippen molar-refractivity contribution < 1.29 is 9.72 Å². The molecule has 2 rings (SSSR count). The van der Waals surface area contributed by atoms with Gasteiger partial charge in [0.05, 0.1) is 4.92 Å². The quantitative estimate of drug-likeness (QED) is 0.486. The molecule has 1 saturated carbocycles. The number of amides is 1. The number of hydrogen-bond donors (Lipinski definition) is 0. The predicted molar refractivity (Wildman–Crippen MR) is 74.9 cm³/mol. The summed E-state index contributed by atoms with van der Waals surface area (Å²) in [5.74, 6) is -0.338. The van der Waals surface area contributed by atoms with Crippen LogP contribution in [-0.2, 0) is 0 Å². The van der Waals surface area contributed by atoms with E-state index in [2.05, 4.69) is 4.98 Å². The highest BCUT2D eigenvalue weighted by molar-refractivity contribution is 6.32. The van der Waals surface area contributed by atoms with E-state index in [-0.39, 0.29) is 22.7 Å². The zero-order chi connectivity index (χ0) is 14.7. The molecule has 0 radical (unpaired) electrons. The van der Waals surface area contributed by atoms with Crippen molar-refractivity contribution in [2.45, 2.75) is 38.6 Å². The van der Waals surface area contributed by atoms with Crippen LogP contribution in [0.15, 0.2) is 12.3 Å². The SMILES string of the molecule is CCN(C(=O)c1ccnc(Cl)c1[N+](=O)[O-])C1CCCC1. The molecule has 0 bridgehead atoms. The molecular weight excluding hydrogens is 282 g/mol. The minimum atomic E-state index is -0.648. The van der Waals surface area contributed by atoms with Crippen LogP contribution in [0.25, 0.3) is 0 Å². The molecule has 0 N–H and O–H groups in total. The maximum absolute atomic E-state index is 12.6. The van der Waals surface area contributed by atoms with E-state index in [0.29, 0.717) is 6.54 Å². The Balaban J connectivity index is 2.36. The third-order valence-electron chi connectivity index (χ3n) is 3.66. The minimum absolute atomic E-state index is 0.0174. The van der Waals surface area contributed by atoms with Gasteiger partial charge < -0.3 is 4.90 Å². The van der Waals surface area contributed by atoms with Gasteiger partial charge in [0, 0.05) is 18.8 Å². The first-order chi connectivity index (χ1) is 9.56. The van der Waals surface area contributed by atoms with Gasteiger partial charge in [0.15, 0.2) is 0 Å². The van der Waals surface area contributed by atoms with E-state index in [0.717, 1.165) is 25.7 Å². The van der Waals surface area contributed by atoms with E-state index in [9.17, 15) is 14.9 Å². The van der Waals surface area contributed by atoms with Crippen LogP contribution in [0, 0.1) is 10.1 Å². The van der Waals surface area contributed by atoms with E-state index in [1.807, 2.05) is 6.92 Å². The van der Waals surface area contributed by atoms with Crippen LogP contribution < -0.4 is 0 Å². The average Bonchev–Trinajstić information content (AvgIpc) is 2.92. The van der Waals surface area contributed by atoms with Gasteiger partial charge in [-0.3, -0.25) is 14.9 Å². The van der Waals surface area contributed by atoms with Crippen LogP contribution in [0.3, 0.4) is 0 Å². The van der Waals surface area contributed by atoms with Crippen LogP contribution in [0.2, 0.25) is 5.15 Å². The maximum atomic E-state index is 12.6. The fraction of sp³-hybridized carbons (Fsp3) is 0.538. The second kappa shape index (κ2) is 6.17. The van der Waals surface area contributed by atoms with Crippen LogP contribution in [-0.4, -0.2) is 33.3 Å². The second-order valence-corrected chi connectivity index (χ2v) is 5.14. The van der Waals surface area contributed by atoms with E-state index < -0.39 is 10.6 Å². The van der Waals surface area contributed by atoms with Gasteiger partial charge in [-0.15, -0.1) is 0 Å². The van der Waals surface area contributed by atoms with Gasteiger partial charge in [-0.25, -0.2) is 4.98 Å². The molecule has 1 aromatic rings. The summed E-state index contributed by atoms with van der Waals surface area (Å²) in [6, 6.07) is 1.53. The standard InChI is InChI=1S/C13H16ClN3O3/c1-2-16(9-5-3-4-6-9)13(18)10-7-8-15-12(14)11(10)17(19)20/h7-9H,2-6H2,1H3. The lowest BCUT2D eigenvalue weighted by molar-refractivity contribution is -0.385. The molecule has 0 atom stereocenters. The number of carbonyl (C=O) groups excluding carboxylic acids is 1. The van der Waals surface area contributed by atoms with Crippen LogP contribution in [0.5, 0.6) is 0 Å². The van der Waals surface area contributed by atoms with E-state index >= 15 is 0 Å². The number of aromatic nitrogens is 1. The molecule has 1 aliphatic rings. The number of rotatable bonds is 4. The molecule has 1 aliphatic carbocycles. The van der Waals surface area contributed by atoms with Gasteiger partial charge in [-0.05, 0) is 25.8 Å². The van der Waals surface area contributed by atoms with Crippen LogP contribution >= 0.6 is 11.6 Å². The summed E-state index contributed by atoms with van der Waals surface area (Å²) < 4.78 is 0. The monoisotopic (exact) mass is 297 g/mol. The Bertz CT molecular complexity index is 530. The Morgan fingerprint density at radius 2 is 2.20 bits per heavy atom. The fourth-order valence-corrected chi connectivity index (χ4v) is 2.94. The van der Waals surface area contributed by atoms with Crippen LogP contribution in [0.1, 0.15) is 43.0 Å². The number of nitrogens with zero attached hydrogens (tertiary/aromatic N) is 3. The highest BCUT2D eigenvalue weighted by Crippen LogP contribution is 2.30. The lowest BCUT2D eigenvalue weighted by atomic mass is 10.1. The third kappa shape index (κ3) is 2.75. The average molecular weight is 298 g/mol. The molecule has 7 heteroatoms. The largest absolute Gasteiger partial charge is 0.336 e. The van der Waals surface area contributed by atoms with Crippen molar-refractivity contribution >= 4 is 23.2 Å². The molecule has 6 nitrogen and oxygen atoms in total. The van der Waals surface area contributed by atoms with Crippen molar-refractivity contribution in [1.29, 1.82) is 0 Å². The van der Waals surface area contributed by atoms with Gasteiger partial charge in [-0.2, -0.15) is 0 Å². The molecule has 0 spiro atoms. The smallest absolute Gasteiger partial charge is 0.319 e. The van der Waals surface area contributed by atoms with Crippen molar-refractivity contribution in [3.63, 3.8) is 0 Å². The number of nitro groups is 1. The van der Waals surface area contributed by atoms with E-state index in [1.54, 1.807) is 4.90 Å². The summed E-state index contributed by atoms with van der Waals surface area (Å²) in [5, 5.41) is 10.8. The first-order valence-corrected chi connectivity index (χ1v) is 7.04. The molecular formula is C13H16ClN3O3. The Labute approximate surface area is 121 Å². The zero-order valence-electron chi connectivity index (χ0n) is 11.2. The number of carbonyl (C=O) groups is 1. The van der Waals surface area contributed by atoms with Crippen molar-refractivity contribution in [1.82, 2.24) is 9.88 Å². The van der Waals surface area contributed by atoms with Crippen molar-refractivity contribution in [2.75, 3.05) is 6.54 Å². The summed E-state index contributed by atoms with van der Waals surface area (Å²) in [6.45, 7) is 2.41. The predicted octanol–water partition coefficient (Wildman–Crippen LogP) is 3.05. The molecule has 0 saturated heterocycles. The molecule has 0 aliphatic heterocycles. The molecule has 1 aromatic heterocycles. The lowest BCUT2D eigenvalue weighted by Gasteiger charge is -2.27. The summed E-state index contributed by atoms with van der Waals surface area (Å²) in [7, 11) is 0. The van der Waals surface area contributed by atoms with Crippen LogP contribution in [0.4, 0.5) is 5.69 Å². The zero-order valence-corrected chi connectivity index (χ0v) is 12.0. The first-order valence-electron chi connectivity index (χ1n) is 6.66. The normalized spacial score (nSPS) is 15.3. The van der Waals surface area contributed by atoms with E-state index in [1.165, 1.54) is 12.3 Å². The summed E-state index contributed by atoms with van der Waals surface area (Å²) in [6.07, 6.45) is 5.41. The van der Waals surface area contributed by atoms with Crippen molar-refractivity contribution in [3.8, 4) is 0 Å². The maximum Gasteiger partial charge on any atom is 0.319 e. The highest BCUT2D eigenvalue weighted by atomic mass is 35.5. The van der Waals surface area contributed by atoms with Gasteiger partial charge in [0.25, 0.3) is 5.91 Å². The molecule has 0 aromatic carbocycles. The Morgan fingerprint density at radius 1 is 1.55 bits per heavy atom. The minimum Gasteiger partial charge on any atom is -0.336 e. The first kappa shape index (κ1) is 14.7. The topological polar surface area (TPSA) is 76.3 Å². The fourth-order valence-electron chi connectivity index (χ4n) is 2.71. The molecule has 1 amide bonds. The molecule has 1 heterocycles. The molecule has 1 fully saturated rings. The summed E-state index contributed by atoms with van der Waals surface area (Å²) >= 11 is 5.75. The Hall–Kier alpha value is -1.69. The number of halogens is 1. The highest BCUT2D eigenvalue weighted by Gasteiger charge is 2.31. The van der Waals surface area contributed by atoms with Crippen molar-refractivity contribution in [3.05, 3.63) is 33.1 Å². The van der Waals surface area contributed by atoms with Gasteiger partial charge in [-0.1, -0.05) is 24.4 Å². The number of hydrogen-bond acceptors (Lipinski definition) is 4. The summed E-state index contributed by atoms with van der Waals surface area (Å²) in [4.78, 5) is 28.4. The van der Waals surface area contributed by atoms with E-state index in [4.69, 9.17) is 11.6 Å². The summed E-state index contributed by atoms with van der Waals surface area (Å²) in [5.41, 5.74) is -0.389. The van der Waals surface area contributed by atoms with Gasteiger partial charge in [0.2, 0.25) is 5.15 Å². The van der Waals surface area contributed by atoms with Crippen molar-refractivity contribution in [2.24, 2.45) is 0 Å².